The Bertz CT molecular complexity index is 875. The maximum Gasteiger partial charge on any atom is 0.435 e. The summed E-state index contributed by atoms with van der Waals surface area (Å²) in [7, 11) is 0. The van der Waals surface area contributed by atoms with E-state index in [4.69, 9.17) is 0 Å². The normalized spacial score (nSPS) is 11.8. The van der Waals surface area contributed by atoms with E-state index in [-0.39, 0.29) is 0 Å². The second kappa shape index (κ2) is 5.82. The first-order valence-corrected chi connectivity index (χ1v) is 7.57. The molecule has 0 N–H and O–H groups in total. The molecule has 24 heavy (non-hydrogen) atoms. The molecule has 3 rings (SSSR count). The van der Waals surface area contributed by atoms with Crippen molar-refractivity contribution in [3.8, 4) is 16.9 Å². The van der Waals surface area contributed by atoms with Crippen LogP contribution < -0.4 is 0 Å². The maximum atomic E-state index is 13.2. The van der Waals surface area contributed by atoms with Crippen molar-refractivity contribution in [2.45, 2.75) is 26.9 Å². The number of benzene rings is 2. The summed E-state index contributed by atoms with van der Waals surface area (Å²) in [5.41, 5.74) is 3.83. The quantitative estimate of drug-likeness (QED) is 0.608. The Morgan fingerprint density at radius 1 is 0.833 bits per heavy atom. The zero-order valence-corrected chi connectivity index (χ0v) is 13.6. The molecule has 1 aromatic heterocycles. The first-order valence-electron chi connectivity index (χ1n) is 7.57. The third-order valence-corrected chi connectivity index (χ3v) is 3.95. The molecule has 5 heteroatoms. The number of nitrogens with zero attached hydrogens (tertiary/aromatic N) is 2. The molecule has 0 unspecified atom stereocenters. The number of hydrogen-bond donors (Lipinski definition) is 0. The Balaban J connectivity index is 2.25. The molecule has 0 amide bonds. The minimum Gasteiger partial charge on any atom is -0.232 e. The van der Waals surface area contributed by atoms with E-state index in [2.05, 4.69) is 5.10 Å². The third-order valence-electron chi connectivity index (χ3n) is 3.95. The van der Waals surface area contributed by atoms with Crippen LogP contribution in [0.4, 0.5) is 13.2 Å². The summed E-state index contributed by atoms with van der Waals surface area (Å²) in [4.78, 5) is 0. The van der Waals surface area contributed by atoms with Crippen molar-refractivity contribution in [3.63, 3.8) is 0 Å². The van der Waals surface area contributed by atoms with Crippen molar-refractivity contribution in [3.05, 3.63) is 70.9 Å². The van der Waals surface area contributed by atoms with E-state index in [1.54, 1.807) is 12.1 Å². The van der Waals surface area contributed by atoms with Gasteiger partial charge in [0.25, 0.3) is 0 Å². The fourth-order valence-electron chi connectivity index (χ4n) is 2.61. The molecule has 0 spiro atoms. The van der Waals surface area contributed by atoms with Crippen molar-refractivity contribution in [1.29, 1.82) is 0 Å². The maximum absolute atomic E-state index is 13.2. The first kappa shape index (κ1) is 16.3. The van der Waals surface area contributed by atoms with Crippen LogP contribution in [0.1, 0.15) is 22.4 Å². The highest BCUT2D eigenvalue weighted by Gasteiger charge is 2.35. The lowest BCUT2D eigenvalue weighted by Crippen LogP contribution is -2.07. The average Bonchev–Trinajstić information content (AvgIpc) is 2.95. The fourth-order valence-corrected chi connectivity index (χ4v) is 2.61. The van der Waals surface area contributed by atoms with E-state index in [1.165, 1.54) is 4.68 Å². The fraction of sp³-hybridized carbons (Fsp3) is 0.211. The number of aromatic nitrogens is 2. The van der Waals surface area contributed by atoms with Gasteiger partial charge >= 0.3 is 6.18 Å². The molecule has 0 saturated heterocycles. The molecule has 0 radical (unpaired) electrons. The summed E-state index contributed by atoms with van der Waals surface area (Å²) >= 11 is 0. The molecule has 3 aromatic rings. The van der Waals surface area contributed by atoms with Crippen LogP contribution in [-0.4, -0.2) is 9.78 Å². The van der Waals surface area contributed by atoms with E-state index >= 15 is 0 Å². The van der Waals surface area contributed by atoms with Crippen LogP contribution in [-0.2, 0) is 6.18 Å². The molecule has 1 heterocycles. The number of halogens is 3. The van der Waals surface area contributed by atoms with Gasteiger partial charge in [0.15, 0.2) is 5.69 Å². The molecule has 2 nitrogen and oxygen atoms in total. The van der Waals surface area contributed by atoms with Gasteiger partial charge in [0.05, 0.1) is 11.4 Å². The highest BCUT2D eigenvalue weighted by Crippen LogP contribution is 2.34. The van der Waals surface area contributed by atoms with Gasteiger partial charge in [-0.1, -0.05) is 35.4 Å². The lowest BCUT2D eigenvalue weighted by atomic mass is 10.0. The van der Waals surface area contributed by atoms with Crippen molar-refractivity contribution >= 4 is 0 Å². The van der Waals surface area contributed by atoms with Gasteiger partial charge in [-0.05, 0) is 50.6 Å². The molecule has 0 aliphatic rings. The van der Waals surface area contributed by atoms with Gasteiger partial charge in [-0.2, -0.15) is 18.3 Å². The van der Waals surface area contributed by atoms with Crippen molar-refractivity contribution in [2.24, 2.45) is 0 Å². The van der Waals surface area contributed by atoms with Crippen molar-refractivity contribution in [2.75, 3.05) is 0 Å². The van der Waals surface area contributed by atoms with Gasteiger partial charge in [-0.3, -0.25) is 0 Å². The van der Waals surface area contributed by atoms with Gasteiger partial charge in [0, 0.05) is 5.56 Å². The van der Waals surface area contributed by atoms with Gasteiger partial charge in [-0.25, -0.2) is 4.68 Å². The second-order valence-electron chi connectivity index (χ2n) is 5.98. The molecule has 0 atom stereocenters. The Morgan fingerprint density at radius 2 is 1.46 bits per heavy atom. The van der Waals surface area contributed by atoms with Crippen LogP contribution in [0, 0.1) is 20.8 Å². The molecule has 0 aliphatic carbocycles. The van der Waals surface area contributed by atoms with Gasteiger partial charge in [0.2, 0.25) is 0 Å². The highest BCUT2D eigenvalue weighted by atomic mass is 19.4. The summed E-state index contributed by atoms with van der Waals surface area (Å²) in [6.07, 6.45) is -4.48. The van der Waals surface area contributed by atoms with Gasteiger partial charge < -0.3 is 0 Å². The van der Waals surface area contributed by atoms with Crippen LogP contribution in [0.3, 0.4) is 0 Å². The molecule has 0 fully saturated rings. The molecule has 124 valence electrons. The second-order valence-corrected chi connectivity index (χ2v) is 5.98. The summed E-state index contributed by atoms with van der Waals surface area (Å²) < 4.78 is 40.9. The first-order chi connectivity index (χ1) is 11.3. The van der Waals surface area contributed by atoms with Gasteiger partial charge in [-0.15, -0.1) is 0 Å². The Hall–Kier alpha value is -2.56. The zero-order valence-electron chi connectivity index (χ0n) is 13.6. The zero-order chi connectivity index (χ0) is 17.5. The lowest BCUT2D eigenvalue weighted by molar-refractivity contribution is -0.141. The molecule has 2 aromatic carbocycles. The molecule has 0 saturated carbocycles. The van der Waals surface area contributed by atoms with Crippen LogP contribution in [0.25, 0.3) is 16.9 Å². The summed E-state index contributed by atoms with van der Waals surface area (Å²) in [5, 5.41) is 3.82. The smallest absolute Gasteiger partial charge is 0.232 e. The predicted octanol–water partition coefficient (Wildman–Crippen LogP) is 5.48. The predicted molar refractivity (Wildman–Crippen MR) is 88.2 cm³/mol. The van der Waals surface area contributed by atoms with E-state index in [1.807, 2.05) is 51.1 Å². The van der Waals surface area contributed by atoms with E-state index < -0.39 is 11.9 Å². The monoisotopic (exact) mass is 330 g/mol. The topological polar surface area (TPSA) is 17.8 Å². The minimum absolute atomic E-state index is 0.437. The lowest BCUT2D eigenvalue weighted by Gasteiger charge is -2.11. The number of rotatable bonds is 2. The van der Waals surface area contributed by atoms with Crippen LogP contribution in [0.2, 0.25) is 0 Å². The van der Waals surface area contributed by atoms with Crippen molar-refractivity contribution in [1.82, 2.24) is 9.78 Å². The summed E-state index contributed by atoms with van der Waals surface area (Å²) in [6.45, 7) is 5.73. The molecular formula is C19H17F3N2. The van der Waals surface area contributed by atoms with Crippen LogP contribution in [0.15, 0.2) is 48.5 Å². The summed E-state index contributed by atoms with van der Waals surface area (Å²) in [6, 6.07) is 14.1. The van der Waals surface area contributed by atoms with Gasteiger partial charge in [0.1, 0.15) is 0 Å². The Kier molecular flexibility index (Phi) is 3.95. The number of hydrogen-bond acceptors (Lipinski definition) is 1. The standard InChI is InChI=1S/C19H17F3N2/c1-12-5-8-15(9-6-12)24-17(11-18(23-24)19(20,21)22)16-10-13(2)4-7-14(16)3/h4-11H,1-3H3. The molecular weight excluding hydrogens is 313 g/mol. The van der Waals surface area contributed by atoms with E-state index in [0.717, 1.165) is 28.3 Å². The Morgan fingerprint density at radius 3 is 2.08 bits per heavy atom. The van der Waals surface area contributed by atoms with E-state index in [0.29, 0.717) is 11.4 Å². The van der Waals surface area contributed by atoms with Crippen molar-refractivity contribution < 1.29 is 13.2 Å². The Labute approximate surface area is 138 Å². The minimum atomic E-state index is -4.48. The van der Waals surface area contributed by atoms with Crippen LogP contribution in [0.5, 0.6) is 0 Å². The summed E-state index contributed by atoms with van der Waals surface area (Å²) in [5.74, 6) is 0. The van der Waals surface area contributed by atoms with E-state index in [9.17, 15) is 13.2 Å². The largest absolute Gasteiger partial charge is 0.435 e. The number of alkyl halides is 3. The molecule has 0 aliphatic heterocycles. The number of aryl methyl sites for hydroxylation is 3. The SMILES string of the molecule is Cc1ccc(-n2nc(C(F)(F)F)cc2-c2cc(C)ccc2C)cc1. The average molecular weight is 330 g/mol. The van der Waals surface area contributed by atoms with Crippen LogP contribution >= 0.6 is 0 Å². The third kappa shape index (κ3) is 3.07. The molecule has 0 bridgehead atoms. The highest BCUT2D eigenvalue weighted by molar-refractivity contribution is 5.67.